The highest BCUT2D eigenvalue weighted by Crippen LogP contribution is 2.39. The highest BCUT2D eigenvalue weighted by molar-refractivity contribution is 6.31. The normalized spacial score (nSPS) is 16.7. The van der Waals surface area contributed by atoms with Gasteiger partial charge in [-0.15, -0.1) is 0 Å². The van der Waals surface area contributed by atoms with E-state index in [0.717, 1.165) is 11.1 Å². The second-order valence-electron chi connectivity index (χ2n) is 7.21. The van der Waals surface area contributed by atoms with Crippen molar-refractivity contribution in [1.82, 2.24) is 5.32 Å². The van der Waals surface area contributed by atoms with Crippen LogP contribution in [0.1, 0.15) is 43.9 Å². The van der Waals surface area contributed by atoms with Crippen molar-refractivity contribution in [2.45, 2.75) is 38.1 Å². The third-order valence-corrected chi connectivity index (χ3v) is 5.84. The summed E-state index contributed by atoms with van der Waals surface area (Å²) in [6.45, 7) is 5.52. The number of rotatable bonds is 7. The van der Waals surface area contributed by atoms with Gasteiger partial charge in [0.25, 0.3) is 0 Å². The van der Waals surface area contributed by atoms with Gasteiger partial charge in [0.1, 0.15) is 0 Å². The maximum Gasteiger partial charge on any atom is 0.231 e. The first-order chi connectivity index (χ1) is 14.0. The first-order valence-corrected chi connectivity index (χ1v) is 10.3. The monoisotopic (exact) mass is 417 g/mol. The lowest BCUT2D eigenvalue weighted by atomic mass is 9.73. The van der Waals surface area contributed by atoms with Crippen molar-refractivity contribution < 1.29 is 19.0 Å². The van der Waals surface area contributed by atoms with Crippen LogP contribution in [0.5, 0.6) is 11.5 Å². The predicted octanol–water partition coefficient (Wildman–Crippen LogP) is 4.67. The standard InChI is InChI=1S/C23H28ClNO4/c1-4-29-20-10-9-17(15-21(20)27-3)16(2)25-22(26)23(11-13-28-14-12-23)18-7-5-6-8-19(18)24/h5-10,15-16H,4,11-14H2,1-3H3,(H,25,26). The molecular weight excluding hydrogens is 390 g/mol. The third-order valence-electron chi connectivity index (χ3n) is 5.51. The van der Waals surface area contributed by atoms with Crippen molar-refractivity contribution in [1.29, 1.82) is 0 Å². The van der Waals surface area contributed by atoms with Crippen molar-refractivity contribution in [3.8, 4) is 11.5 Å². The third kappa shape index (κ3) is 4.51. The highest BCUT2D eigenvalue weighted by Gasteiger charge is 2.43. The van der Waals surface area contributed by atoms with Gasteiger partial charge in [-0.2, -0.15) is 0 Å². The molecule has 0 aromatic heterocycles. The van der Waals surface area contributed by atoms with Crippen molar-refractivity contribution in [3.63, 3.8) is 0 Å². The number of ether oxygens (including phenoxy) is 3. The van der Waals surface area contributed by atoms with Crippen LogP contribution >= 0.6 is 11.6 Å². The number of nitrogens with one attached hydrogen (secondary N) is 1. The van der Waals surface area contributed by atoms with Gasteiger partial charge in [0.2, 0.25) is 5.91 Å². The molecule has 1 unspecified atom stereocenters. The van der Waals surface area contributed by atoms with Crippen LogP contribution in [0, 0.1) is 0 Å². The fourth-order valence-corrected chi connectivity index (χ4v) is 4.15. The summed E-state index contributed by atoms with van der Waals surface area (Å²) in [5.41, 5.74) is 1.11. The minimum Gasteiger partial charge on any atom is -0.493 e. The first-order valence-electron chi connectivity index (χ1n) is 9.96. The number of carbonyl (C=O) groups is 1. The van der Waals surface area contributed by atoms with Crippen molar-refractivity contribution in [2.24, 2.45) is 0 Å². The Morgan fingerprint density at radius 1 is 1.21 bits per heavy atom. The first kappa shape index (κ1) is 21.5. The van der Waals surface area contributed by atoms with E-state index in [2.05, 4.69) is 5.32 Å². The van der Waals surface area contributed by atoms with Crippen LogP contribution in [-0.4, -0.2) is 32.8 Å². The largest absolute Gasteiger partial charge is 0.493 e. The Balaban J connectivity index is 1.86. The lowest BCUT2D eigenvalue weighted by Gasteiger charge is -2.37. The molecule has 1 atom stereocenters. The minimum atomic E-state index is -0.694. The second kappa shape index (κ2) is 9.51. The molecule has 2 aromatic carbocycles. The molecule has 0 aliphatic carbocycles. The van der Waals surface area contributed by atoms with Crippen molar-refractivity contribution in [3.05, 3.63) is 58.6 Å². The van der Waals surface area contributed by atoms with Crippen LogP contribution in [0.25, 0.3) is 0 Å². The van der Waals surface area contributed by atoms with Crippen LogP contribution in [-0.2, 0) is 14.9 Å². The van der Waals surface area contributed by atoms with Gasteiger partial charge >= 0.3 is 0 Å². The molecule has 5 nitrogen and oxygen atoms in total. The van der Waals surface area contributed by atoms with Crippen LogP contribution < -0.4 is 14.8 Å². The molecule has 6 heteroatoms. The maximum atomic E-state index is 13.5. The van der Waals surface area contributed by atoms with Crippen molar-refractivity contribution >= 4 is 17.5 Å². The Morgan fingerprint density at radius 3 is 2.59 bits per heavy atom. The predicted molar refractivity (Wildman–Crippen MR) is 114 cm³/mol. The summed E-state index contributed by atoms with van der Waals surface area (Å²) in [6.07, 6.45) is 1.20. The fraction of sp³-hybridized carbons (Fsp3) is 0.435. The molecule has 0 bridgehead atoms. The molecule has 29 heavy (non-hydrogen) atoms. The summed E-state index contributed by atoms with van der Waals surface area (Å²) in [6, 6.07) is 13.1. The minimum absolute atomic E-state index is 0.0331. The molecular formula is C23H28ClNO4. The number of halogens is 1. The number of benzene rings is 2. The van der Waals surface area contributed by atoms with E-state index in [9.17, 15) is 4.79 Å². The summed E-state index contributed by atoms with van der Waals surface area (Å²) in [5.74, 6) is 1.31. The van der Waals surface area contributed by atoms with Gasteiger partial charge in [-0.3, -0.25) is 4.79 Å². The van der Waals surface area contributed by atoms with Gasteiger partial charge in [-0.1, -0.05) is 35.9 Å². The summed E-state index contributed by atoms with van der Waals surface area (Å²) in [7, 11) is 1.61. The van der Waals surface area contributed by atoms with Gasteiger partial charge in [-0.25, -0.2) is 0 Å². The molecule has 1 N–H and O–H groups in total. The molecule has 1 aliphatic heterocycles. The lowest BCUT2D eigenvalue weighted by Crippen LogP contribution is -2.48. The quantitative estimate of drug-likeness (QED) is 0.711. The Bertz CT molecular complexity index is 849. The van der Waals surface area contributed by atoms with E-state index < -0.39 is 5.41 Å². The molecule has 1 aliphatic rings. The van der Waals surface area contributed by atoms with E-state index in [0.29, 0.717) is 49.2 Å². The zero-order valence-electron chi connectivity index (χ0n) is 17.2. The van der Waals surface area contributed by atoms with E-state index in [4.69, 9.17) is 25.8 Å². The summed E-state index contributed by atoms with van der Waals surface area (Å²) in [5, 5.41) is 3.80. The topological polar surface area (TPSA) is 56.8 Å². The molecule has 3 rings (SSSR count). The van der Waals surface area contributed by atoms with E-state index in [1.165, 1.54) is 0 Å². The van der Waals surface area contributed by atoms with E-state index in [1.807, 2.05) is 56.3 Å². The Kier molecular flexibility index (Phi) is 7.04. The number of hydrogen-bond donors (Lipinski definition) is 1. The molecule has 0 saturated carbocycles. The zero-order chi connectivity index (χ0) is 20.9. The van der Waals surface area contributed by atoms with Crippen LogP contribution in [0.2, 0.25) is 5.02 Å². The fourth-order valence-electron chi connectivity index (χ4n) is 3.83. The smallest absolute Gasteiger partial charge is 0.231 e. The average Bonchev–Trinajstić information content (AvgIpc) is 2.75. The van der Waals surface area contributed by atoms with Gasteiger partial charge in [0.05, 0.1) is 25.2 Å². The number of methoxy groups -OCH3 is 1. The second-order valence-corrected chi connectivity index (χ2v) is 7.62. The van der Waals surface area contributed by atoms with Gasteiger partial charge in [0, 0.05) is 18.2 Å². The van der Waals surface area contributed by atoms with E-state index in [1.54, 1.807) is 7.11 Å². The van der Waals surface area contributed by atoms with Crippen LogP contribution in [0.3, 0.4) is 0 Å². The number of amides is 1. The van der Waals surface area contributed by atoms with Gasteiger partial charge in [0.15, 0.2) is 11.5 Å². The molecule has 1 fully saturated rings. The molecule has 1 saturated heterocycles. The SMILES string of the molecule is CCOc1ccc(C(C)NC(=O)C2(c3ccccc3Cl)CCOCC2)cc1OC. The Hall–Kier alpha value is -2.24. The Labute approximate surface area is 177 Å². The summed E-state index contributed by atoms with van der Waals surface area (Å²) in [4.78, 5) is 13.5. The lowest BCUT2D eigenvalue weighted by molar-refractivity contribution is -0.131. The molecule has 1 amide bonds. The van der Waals surface area contributed by atoms with Crippen molar-refractivity contribution in [2.75, 3.05) is 26.9 Å². The van der Waals surface area contributed by atoms with E-state index >= 15 is 0 Å². The molecule has 2 aromatic rings. The maximum absolute atomic E-state index is 13.5. The molecule has 1 heterocycles. The van der Waals surface area contributed by atoms with Crippen LogP contribution in [0.15, 0.2) is 42.5 Å². The molecule has 0 radical (unpaired) electrons. The van der Waals surface area contributed by atoms with Gasteiger partial charge < -0.3 is 19.5 Å². The van der Waals surface area contributed by atoms with Crippen LogP contribution in [0.4, 0.5) is 0 Å². The number of carbonyl (C=O) groups excluding carboxylic acids is 1. The Morgan fingerprint density at radius 2 is 1.93 bits per heavy atom. The molecule has 156 valence electrons. The summed E-state index contributed by atoms with van der Waals surface area (Å²) < 4.78 is 16.6. The summed E-state index contributed by atoms with van der Waals surface area (Å²) >= 11 is 6.48. The average molecular weight is 418 g/mol. The van der Waals surface area contributed by atoms with E-state index in [-0.39, 0.29) is 11.9 Å². The van der Waals surface area contributed by atoms with Gasteiger partial charge in [-0.05, 0) is 56.0 Å². The highest BCUT2D eigenvalue weighted by atomic mass is 35.5. The zero-order valence-corrected chi connectivity index (χ0v) is 17.9. The number of hydrogen-bond acceptors (Lipinski definition) is 4. The molecule has 0 spiro atoms.